The molecule has 5 rings (SSSR count). The van der Waals surface area contributed by atoms with E-state index in [1.54, 1.807) is 11.0 Å². The quantitative estimate of drug-likeness (QED) is 0.683. The van der Waals surface area contributed by atoms with Gasteiger partial charge in [0.1, 0.15) is 11.5 Å². The van der Waals surface area contributed by atoms with Crippen molar-refractivity contribution in [3.05, 3.63) is 81.0 Å². The van der Waals surface area contributed by atoms with Crippen molar-refractivity contribution in [3.63, 3.8) is 0 Å². The number of aromatic carboxylic acids is 1. The van der Waals surface area contributed by atoms with Gasteiger partial charge in [-0.05, 0) is 40.3 Å². The molecule has 0 unspecified atom stereocenters. The normalized spacial score (nSPS) is 14.8. The van der Waals surface area contributed by atoms with Crippen molar-refractivity contribution in [1.82, 2.24) is 4.90 Å². The largest absolute Gasteiger partial charge is 0.477 e. The highest BCUT2D eigenvalue weighted by Gasteiger charge is 2.30. The van der Waals surface area contributed by atoms with Crippen molar-refractivity contribution >= 4 is 23.4 Å². The first kappa shape index (κ1) is 17.9. The third kappa shape index (κ3) is 3.09. The number of carboxylic acid groups (broad SMARTS) is 1. The highest BCUT2D eigenvalue weighted by molar-refractivity contribution is 7.14. The van der Waals surface area contributed by atoms with Crippen molar-refractivity contribution in [2.75, 3.05) is 13.2 Å². The van der Waals surface area contributed by atoms with Gasteiger partial charge in [-0.25, -0.2) is 9.59 Å². The average molecular weight is 405 g/mol. The summed E-state index contributed by atoms with van der Waals surface area (Å²) in [4.78, 5) is 26.9. The number of amides is 1. The van der Waals surface area contributed by atoms with Gasteiger partial charge in [0.15, 0.2) is 0 Å². The second-order valence-corrected chi connectivity index (χ2v) is 8.48. The van der Waals surface area contributed by atoms with E-state index in [0.717, 1.165) is 10.4 Å². The van der Waals surface area contributed by atoms with Gasteiger partial charge in [0.05, 0.1) is 6.54 Å². The van der Waals surface area contributed by atoms with Gasteiger partial charge < -0.3 is 14.7 Å². The fourth-order valence-corrected chi connectivity index (χ4v) is 5.28. The number of nitrogens with zero attached hydrogens (tertiary/aromatic N) is 1. The standard InChI is InChI=1S/C23H19NO4S/c25-22(26)21-11-14-12-24(10-9-20(14)29-21)23(27)28-13-19-17-7-3-1-5-15(17)16-6-2-4-8-18(16)19/h1-8,11,19H,9-10,12-13H2,(H,25,26). The Morgan fingerprint density at radius 2 is 1.72 bits per heavy atom. The highest BCUT2D eigenvalue weighted by atomic mass is 32.1. The van der Waals surface area contributed by atoms with Crippen molar-refractivity contribution in [1.29, 1.82) is 0 Å². The summed E-state index contributed by atoms with van der Waals surface area (Å²) in [5.74, 6) is -0.886. The predicted octanol–water partition coefficient (Wildman–Crippen LogP) is 4.75. The Morgan fingerprint density at radius 3 is 2.38 bits per heavy atom. The lowest BCUT2D eigenvalue weighted by atomic mass is 9.98. The van der Waals surface area contributed by atoms with Crippen LogP contribution in [0, 0.1) is 0 Å². The number of benzene rings is 2. The summed E-state index contributed by atoms with van der Waals surface area (Å²) >= 11 is 1.30. The molecule has 0 saturated heterocycles. The van der Waals surface area contributed by atoms with Crippen LogP contribution in [0.3, 0.4) is 0 Å². The molecule has 2 heterocycles. The minimum Gasteiger partial charge on any atom is -0.477 e. The molecule has 0 fully saturated rings. The molecule has 0 saturated carbocycles. The molecule has 0 bridgehead atoms. The Morgan fingerprint density at radius 1 is 1.07 bits per heavy atom. The number of hydrogen-bond acceptors (Lipinski definition) is 4. The number of fused-ring (bicyclic) bond motifs is 4. The molecule has 3 aromatic rings. The van der Waals surface area contributed by atoms with Crippen molar-refractivity contribution < 1.29 is 19.4 Å². The van der Waals surface area contributed by atoms with E-state index in [1.165, 1.54) is 33.6 Å². The minimum absolute atomic E-state index is 0.0338. The summed E-state index contributed by atoms with van der Waals surface area (Å²) in [5.41, 5.74) is 5.68. The molecule has 29 heavy (non-hydrogen) atoms. The first-order valence-corrected chi connectivity index (χ1v) is 10.4. The monoisotopic (exact) mass is 405 g/mol. The van der Waals surface area contributed by atoms with Crippen LogP contribution in [0.25, 0.3) is 11.1 Å². The average Bonchev–Trinajstić information content (AvgIpc) is 3.31. The summed E-state index contributed by atoms with van der Waals surface area (Å²) in [6.07, 6.45) is 0.317. The smallest absolute Gasteiger partial charge is 0.410 e. The van der Waals surface area contributed by atoms with Crippen LogP contribution in [-0.2, 0) is 17.7 Å². The lowest BCUT2D eigenvalue weighted by molar-refractivity contribution is 0.0702. The Balaban J connectivity index is 1.31. The fraction of sp³-hybridized carbons (Fsp3) is 0.217. The Kier molecular flexibility index (Phi) is 4.36. The fourth-order valence-electron chi connectivity index (χ4n) is 4.28. The molecule has 1 amide bonds. The zero-order valence-electron chi connectivity index (χ0n) is 15.6. The molecule has 2 aromatic carbocycles. The molecule has 2 aliphatic rings. The van der Waals surface area contributed by atoms with Gasteiger partial charge in [-0.15, -0.1) is 11.3 Å². The number of carbonyl (C=O) groups excluding carboxylic acids is 1. The van der Waals surface area contributed by atoms with Crippen LogP contribution in [0.1, 0.15) is 37.2 Å². The van der Waals surface area contributed by atoms with Crippen LogP contribution in [0.4, 0.5) is 4.79 Å². The van der Waals surface area contributed by atoms with Crippen LogP contribution in [0.5, 0.6) is 0 Å². The molecule has 146 valence electrons. The van der Waals surface area contributed by atoms with Gasteiger partial charge in [-0.3, -0.25) is 0 Å². The maximum absolute atomic E-state index is 12.7. The lowest BCUT2D eigenvalue weighted by Gasteiger charge is -2.27. The zero-order valence-corrected chi connectivity index (χ0v) is 16.4. The SMILES string of the molecule is O=C(O)c1cc2c(s1)CCN(C(=O)OCC1c3ccccc3-c3ccccc31)C2. The number of carbonyl (C=O) groups is 2. The van der Waals surface area contributed by atoms with Crippen LogP contribution < -0.4 is 0 Å². The van der Waals surface area contributed by atoms with Gasteiger partial charge >= 0.3 is 12.1 Å². The Hall–Kier alpha value is -3.12. The number of carboxylic acids is 1. The maximum atomic E-state index is 12.7. The van der Waals surface area contributed by atoms with Crippen LogP contribution in [-0.4, -0.2) is 35.2 Å². The summed E-state index contributed by atoms with van der Waals surface area (Å²) in [7, 11) is 0. The summed E-state index contributed by atoms with van der Waals surface area (Å²) in [6, 6.07) is 18.2. The molecule has 1 N–H and O–H groups in total. The van der Waals surface area contributed by atoms with E-state index < -0.39 is 5.97 Å². The topological polar surface area (TPSA) is 66.8 Å². The number of thiophene rings is 1. The van der Waals surface area contributed by atoms with E-state index >= 15 is 0 Å². The minimum atomic E-state index is -0.919. The molecule has 1 aliphatic heterocycles. The van der Waals surface area contributed by atoms with E-state index in [-0.39, 0.29) is 12.0 Å². The summed E-state index contributed by atoms with van der Waals surface area (Å²) in [6.45, 7) is 1.24. The Labute approximate surface area is 172 Å². The molecule has 1 aliphatic carbocycles. The molecule has 0 spiro atoms. The first-order chi connectivity index (χ1) is 14.1. The highest BCUT2D eigenvalue weighted by Crippen LogP contribution is 2.44. The zero-order chi connectivity index (χ0) is 20.0. The number of ether oxygens (including phenoxy) is 1. The maximum Gasteiger partial charge on any atom is 0.410 e. The van der Waals surface area contributed by atoms with E-state index in [9.17, 15) is 14.7 Å². The van der Waals surface area contributed by atoms with E-state index in [0.29, 0.717) is 31.0 Å². The van der Waals surface area contributed by atoms with Gasteiger partial charge in [-0.2, -0.15) is 0 Å². The van der Waals surface area contributed by atoms with Gasteiger partial charge in [0, 0.05) is 17.3 Å². The molecule has 1 aromatic heterocycles. The first-order valence-electron chi connectivity index (χ1n) is 9.56. The van der Waals surface area contributed by atoms with Gasteiger partial charge in [0.25, 0.3) is 0 Å². The number of rotatable bonds is 3. The molecule has 6 heteroatoms. The summed E-state index contributed by atoms with van der Waals surface area (Å²) in [5, 5.41) is 9.18. The second kappa shape index (κ2) is 7.04. The van der Waals surface area contributed by atoms with Crippen LogP contribution in [0.15, 0.2) is 54.6 Å². The van der Waals surface area contributed by atoms with Gasteiger partial charge in [0.2, 0.25) is 0 Å². The molecule has 5 nitrogen and oxygen atoms in total. The lowest BCUT2D eigenvalue weighted by Crippen LogP contribution is -2.36. The number of hydrogen-bond donors (Lipinski definition) is 1. The van der Waals surface area contributed by atoms with Crippen LogP contribution >= 0.6 is 11.3 Å². The van der Waals surface area contributed by atoms with Crippen LogP contribution in [0.2, 0.25) is 0 Å². The molecule has 0 atom stereocenters. The Bertz CT molecular complexity index is 1070. The predicted molar refractivity (Wildman–Crippen MR) is 110 cm³/mol. The van der Waals surface area contributed by atoms with E-state index in [1.807, 2.05) is 24.3 Å². The van der Waals surface area contributed by atoms with Crippen molar-refractivity contribution in [2.24, 2.45) is 0 Å². The third-order valence-electron chi connectivity index (χ3n) is 5.67. The van der Waals surface area contributed by atoms with Gasteiger partial charge in [-0.1, -0.05) is 48.5 Å². The van der Waals surface area contributed by atoms with E-state index in [2.05, 4.69) is 24.3 Å². The third-order valence-corrected chi connectivity index (χ3v) is 6.90. The second-order valence-electron chi connectivity index (χ2n) is 7.34. The van der Waals surface area contributed by atoms with Crippen molar-refractivity contribution in [3.8, 4) is 11.1 Å². The van der Waals surface area contributed by atoms with Crippen molar-refractivity contribution in [2.45, 2.75) is 18.9 Å². The molecule has 0 radical (unpaired) electrons. The summed E-state index contributed by atoms with van der Waals surface area (Å²) < 4.78 is 5.72. The molecular weight excluding hydrogens is 386 g/mol. The van der Waals surface area contributed by atoms with E-state index in [4.69, 9.17) is 4.74 Å². The molecular formula is C23H19NO4S.